The van der Waals surface area contributed by atoms with E-state index >= 15 is 0 Å². The zero-order valence-electron chi connectivity index (χ0n) is 26.0. The average Bonchev–Trinajstić information content (AvgIpc) is 3.60. The SMILES string of the molecule is CC[C@@]1(C(=O)O)[C@@H](C(C)(C)C)[C@H](OCc2cc(C(F)(F)F)cnc2OC)[C@H](c2cccc3ccoc23)N1C(=O)C1CCCCO1. The third-order valence-electron chi connectivity index (χ3n) is 9.10. The van der Waals surface area contributed by atoms with Gasteiger partial charge in [-0.1, -0.05) is 45.9 Å². The number of aromatic nitrogens is 1. The van der Waals surface area contributed by atoms with Crippen LogP contribution in [0.25, 0.3) is 11.0 Å². The Bertz CT molecular complexity index is 1540. The second-order valence-corrected chi connectivity index (χ2v) is 12.8. The standard InChI is InChI=1S/C33H39F3N2O7/c1-6-32(30(40)41)27(31(2,3)4)26(45-18-20-16-21(33(34,35)36)17-37-28(20)42-5)24(22-11-9-10-19-13-15-44-25(19)22)38(32)29(39)23-12-7-8-14-43-23/h9-11,13,15-17,23-24,26-27H,6-8,12,14,18H2,1-5H3,(H,40,41)/t23?,24-,26+,27+,32-/m0/s1. The number of benzene rings is 1. The van der Waals surface area contributed by atoms with E-state index < -0.39 is 58.7 Å². The van der Waals surface area contributed by atoms with Crippen molar-refractivity contribution in [3.8, 4) is 5.88 Å². The van der Waals surface area contributed by atoms with Gasteiger partial charge in [0, 0.05) is 35.2 Å². The van der Waals surface area contributed by atoms with Gasteiger partial charge in [-0.25, -0.2) is 9.78 Å². The molecular formula is C33H39F3N2O7. The van der Waals surface area contributed by atoms with Crippen LogP contribution in [0, 0.1) is 11.3 Å². The number of rotatable bonds is 8. The Labute approximate surface area is 259 Å². The molecule has 0 aliphatic carbocycles. The summed E-state index contributed by atoms with van der Waals surface area (Å²) in [5, 5.41) is 11.8. The number of nitrogens with zero attached hydrogens (tertiary/aromatic N) is 2. The number of fused-ring (bicyclic) bond motifs is 1. The Kier molecular flexibility index (Phi) is 8.93. The van der Waals surface area contributed by atoms with Crippen molar-refractivity contribution in [1.82, 2.24) is 9.88 Å². The average molecular weight is 633 g/mol. The summed E-state index contributed by atoms with van der Waals surface area (Å²) >= 11 is 0. The Balaban J connectivity index is 1.73. The van der Waals surface area contributed by atoms with Gasteiger partial charge in [-0.15, -0.1) is 0 Å². The molecule has 1 unspecified atom stereocenters. The summed E-state index contributed by atoms with van der Waals surface area (Å²) in [5.41, 5.74) is -2.46. The molecule has 1 aromatic carbocycles. The van der Waals surface area contributed by atoms with Crippen molar-refractivity contribution in [1.29, 1.82) is 0 Å². The lowest BCUT2D eigenvalue weighted by atomic mass is 9.66. The van der Waals surface area contributed by atoms with Gasteiger partial charge in [0.25, 0.3) is 5.91 Å². The van der Waals surface area contributed by atoms with Crippen LogP contribution in [0.15, 0.2) is 47.2 Å². The number of carbonyl (C=O) groups is 2. The molecule has 0 bridgehead atoms. The molecule has 5 rings (SSSR count). The predicted molar refractivity (Wildman–Crippen MR) is 157 cm³/mol. The number of hydrogen-bond acceptors (Lipinski definition) is 7. The van der Waals surface area contributed by atoms with Gasteiger partial charge in [-0.05, 0) is 43.2 Å². The zero-order chi connectivity index (χ0) is 32.7. The molecule has 1 amide bonds. The Morgan fingerprint density at radius 3 is 2.53 bits per heavy atom. The summed E-state index contributed by atoms with van der Waals surface area (Å²) in [6, 6.07) is 7.11. The highest BCUT2D eigenvalue weighted by atomic mass is 19.4. The first-order chi connectivity index (χ1) is 21.3. The van der Waals surface area contributed by atoms with Crippen molar-refractivity contribution >= 4 is 22.8 Å². The Morgan fingerprint density at radius 1 is 1.18 bits per heavy atom. The number of pyridine rings is 1. The van der Waals surface area contributed by atoms with Crippen LogP contribution in [-0.4, -0.2) is 58.3 Å². The topological polar surface area (TPSA) is 111 Å². The molecule has 12 heteroatoms. The zero-order valence-corrected chi connectivity index (χ0v) is 26.0. The maximum atomic E-state index is 14.6. The normalized spacial score (nSPS) is 25.9. The highest BCUT2D eigenvalue weighted by Crippen LogP contribution is 2.57. The Hall–Kier alpha value is -3.64. The first kappa shape index (κ1) is 32.7. The number of methoxy groups -OCH3 is 1. The molecule has 244 valence electrons. The van der Waals surface area contributed by atoms with Crippen LogP contribution in [-0.2, 0) is 31.8 Å². The molecule has 5 atom stereocenters. The van der Waals surface area contributed by atoms with Crippen LogP contribution in [0.1, 0.15) is 76.1 Å². The first-order valence-electron chi connectivity index (χ1n) is 15.1. The first-order valence-corrected chi connectivity index (χ1v) is 15.1. The lowest BCUT2D eigenvalue weighted by Gasteiger charge is -2.45. The van der Waals surface area contributed by atoms with Gasteiger partial charge in [0.05, 0.1) is 37.7 Å². The molecule has 1 N–H and O–H groups in total. The van der Waals surface area contributed by atoms with E-state index in [0.717, 1.165) is 24.3 Å². The number of aliphatic carboxylic acids is 1. The van der Waals surface area contributed by atoms with E-state index in [0.29, 0.717) is 30.4 Å². The minimum atomic E-state index is -4.66. The van der Waals surface area contributed by atoms with Gasteiger partial charge in [-0.3, -0.25) is 4.79 Å². The van der Waals surface area contributed by atoms with Gasteiger partial charge >= 0.3 is 12.1 Å². The van der Waals surface area contributed by atoms with Gasteiger partial charge < -0.3 is 28.6 Å². The van der Waals surface area contributed by atoms with E-state index in [1.54, 1.807) is 25.1 Å². The number of likely N-dealkylation sites (tertiary alicyclic amines) is 1. The van der Waals surface area contributed by atoms with E-state index in [2.05, 4.69) is 4.98 Å². The molecule has 2 fully saturated rings. The summed E-state index contributed by atoms with van der Waals surface area (Å²) in [6.45, 7) is 7.35. The molecule has 3 aromatic rings. The minimum Gasteiger partial charge on any atom is -0.481 e. The number of ether oxygens (including phenoxy) is 3. The quantitative estimate of drug-likeness (QED) is 0.289. The highest BCUT2D eigenvalue weighted by molar-refractivity contribution is 5.92. The van der Waals surface area contributed by atoms with Crippen molar-refractivity contribution in [3.05, 3.63) is 59.5 Å². The lowest BCUT2D eigenvalue weighted by Crippen LogP contribution is -2.61. The maximum Gasteiger partial charge on any atom is 0.417 e. The van der Waals surface area contributed by atoms with Gasteiger partial charge in [0.15, 0.2) is 0 Å². The summed E-state index contributed by atoms with van der Waals surface area (Å²) in [4.78, 5) is 33.5. The largest absolute Gasteiger partial charge is 0.481 e. The highest BCUT2D eigenvalue weighted by Gasteiger charge is 2.68. The molecule has 2 aromatic heterocycles. The molecule has 0 spiro atoms. The summed E-state index contributed by atoms with van der Waals surface area (Å²) in [7, 11) is 1.30. The number of amides is 1. The van der Waals surface area contributed by atoms with Crippen molar-refractivity contribution in [2.75, 3.05) is 13.7 Å². The van der Waals surface area contributed by atoms with Crippen molar-refractivity contribution in [2.24, 2.45) is 11.3 Å². The molecule has 45 heavy (non-hydrogen) atoms. The minimum absolute atomic E-state index is 0.0350. The fourth-order valence-corrected chi connectivity index (χ4v) is 7.29. The third-order valence-corrected chi connectivity index (χ3v) is 9.10. The molecule has 2 aliphatic heterocycles. The van der Waals surface area contributed by atoms with Gasteiger partial charge in [-0.2, -0.15) is 13.2 Å². The molecule has 0 radical (unpaired) electrons. The van der Waals surface area contributed by atoms with Crippen LogP contribution < -0.4 is 4.74 Å². The number of alkyl halides is 3. The molecule has 2 aliphatic rings. The van der Waals surface area contributed by atoms with Crippen LogP contribution >= 0.6 is 0 Å². The van der Waals surface area contributed by atoms with E-state index in [9.17, 15) is 27.9 Å². The number of furan rings is 1. The number of para-hydroxylation sites is 1. The lowest BCUT2D eigenvalue weighted by molar-refractivity contribution is -0.170. The fraction of sp³-hybridized carbons (Fsp3) is 0.545. The monoisotopic (exact) mass is 632 g/mol. The second-order valence-electron chi connectivity index (χ2n) is 12.8. The van der Waals surface area contributed by atoms with Crippen molar-refractivity contribution < 1.29 is 46.5 Å². The molecule has 9 nitrogen and oxygen atoms in total. The summed E-state index contributed by atoms with van der Waals surface area (Å²) in [6.07, 6.45) is -2.28. The Morgan fingerprint density at radius 2 is 1.93 bits per heavy atom. The molecule has 4 heterocycles. The van der Waals surface area contributed by atoms with Gasteiger partial charge in [0.1, 0.15) is 17.2 Å². The number of carbonyl (C=O) groups excluding carboxylic acids is 1. The van der Waals surface area contributed by atoms with Gasteiger partial charge in [0.2, 0.25) is 5.88 Å². The van der Waals surface area contributed by atoms with E-state index in [1.165, 1.54) is 18.3 Å². The number of carboxylic acids is 1. The van der Waals surface area contributed by atoms with E-state index in [-0.39, 0.29) is 24.5 Å². The van der Waals surface area contributed by atoms with E-state index in [1.807, 2.05) is 26.8 Å². The number of hydrogen-bond donors (Lipinski definition) is 1. The third kappa shape index (κ3) is 5.78. The van der Waals surface area contributed by atoms with Crippen LogP contribution in [0.2, 0.25) is 0 Å². The van der Waals surface area contributed by atoms with Crippen LogP contribution in [0.4, 0.5) is 13.2 Å². The van der Waals surface area contributed by atoms with Crippen molar-refractivity contribution in [3.63, 3.8) is 0 Å². The molecule has 0 saturated carbocycles. The second kappa shape index (κ2) is 12.3. The number of halogens is 3. The van der Waals surface area contributed by atoms with Crippen LogP contribution in [0.5, 0.6) is 5.88 Å². The summed E-state index contributed by atoms with van der Waals surface area (Å²) < 4.78 is 64.6. The van der Waals surface area contributed by atoms with E-state index in [4.69, 9.17) is 18.6 Å². The predicted octanol–water partition coefficient (Wildman–Crippen LogP) is 6.79. The van der Waals surface area contributed by atoms with Crippen molar-refractivity contribution in [2.45, 2.75) is 90.0 Å². The summed E-state index contributed by atoms with van der Waals surface area (Å²) in [5.74, 6) is -2.54. The smallest absolute Gasteiger partial charge is 0.417 e. The molecule has 2 saturated heterocycles. The fourth-order valence-electron chi connectivity index (χ4n) is 7.29. The maximum absolute atomic E-state index is 14.6. The van der Waals surface area contributed by atoms with Crippen LogP contribution in [0.3, 0.4) is 0 Å². The molecular weight excluding hydrogens is 593 g/mol. The number of carboxylic acid groups (broad SMARTS) is 1.